The maximum Gasteiger partial charge on any atom is 0.124 e. The molecule has 0 saturated heterocycles. The molecule has 0 saturated carbocycles. The van der Waals surface area contributed by atoms with Crippen LogP contribution in [0.2, 0.25) is 0 Å². The van der Waals surface area contributed by atoms with Gasteiger partial charge in [-0.05, 0) is 42.8 Å². The predicted molar refractivity (Wildman–Crippen MR) is 66.6 cm³/mol. The summed E-state index contributed by atoms with van der Waals surface area (Å²) in [6.07, 6.45) is 0. The first kappa shape index (κ1) is 12.1. The second-order valence-corrected chi connectivity index (χ2v) is 4.06. The fraction of sp³-hybridized carbons (Fsp3) is 0.133. The van der Waals surface area contributed by atoms with Crippen LogP contribution in [-0.4, -0.2) is 0 Å². The number of rotatable bonds is 3. The topological polar surface area (TPSA) is 33.0 Å². The third-order valence-corrected chi connectivity index (χ3v) is 2.51. The number of nitrogens with zero attached hydrogens (tertiary/aromatic N) is 1. The lowest BCUT2D eigenvalue weighted by molar-refractivity contribution is 0.305. The van der Waals surface area contributed by atoms with E-state index < -0.39 is 5.82 Å². The van der Waals surface area contributed by atoms with Crippen molar-refractivity contribution in [2.45, 2.75) is 13.5 Å². The van der Waals surface area contributed by atoms with Gasteiger partial charge in [0.05, 0.1) is 11.6 Å². The lowest BCUT2D eigenvalue weighted by atomic mass is 10.1. The number of ether oxygens (including phenoxy) is 1. The van der Waals surface area contributed by atoms with Crippen LogP contribution in [0.4, 0.5) is 4.39 Å². The maximum atomic E-state index is 13.2. The van der Waals surface area contributed by atoms with Crippen LogP contribution in [0.15, 0.2) is 42.5 Å². The van der Waals surface area contributed by atoms with E-state index in [1.54, 1.807) is 6.07 Å². The van der Waals surface area contributed by atoms with Crippen molar-refractivity contribution in [2.24, 2.45) is 0 Å². The van der Waals surface area contributed by atoms with Gasteiger partial charge in [0, 0.05) is 0 Å². The summed E-state index contributed by atoms with van der Waals surface area (Å²) in [4.78, 5) is 0. The van der Waals surface area contributed by atoms with E-state index in [1.165, 1.54) is 12.1 Å². The zero-order valence-electron chi connectivity index (χ0n) is 9.98. The summed E-state index contributed by atoms with van der Waals surface area (Å²) in [5.74, 6) is 0.305. The number of halogens is 1. The second-order valence-electron chi connectivity index (χ2n) is 4.06. The van der Waals surface area contributed by atoms with E-state index in [-0.39, 0.29) is 6.61 Å². The molecule has 90 valence electrons. The maximum absolute atomic E-state index is 13.2. The van der Waals surface area contributed by atoms with Crippen LogP contribution in [0.25, 0.3) is 0 Å². The minimum Gasteiger partial charge on any atom is -0.489 e. The number of hydrogen-bond donors (Lipinski definition) is 0. The zero-order valence-corrected chi connectivity index (χ0v) is 9.98. The highest BCUT2D eigenvalue weighted by atomic mass is 19.1. The van der Waals surface area contributed by atoms with E-state index in [0.29, 0.717) is 11.1 Å². The highest BCUT2D eigenvalue weighted by Gasteiger charge is 2.01. The highest BCUT2D eigenvalue weighted by molar-refractivity contribution is 5.34. The molecule has 0 N–H and O–H groups in total. The Bertz CT molecular complexity index is 584. The van der Waals surface area contributed by atoms with E-state index >= 15 is 0 Å². The van der Waals surface area contributed by atoms with E-state index in [0.717, 1.165) is 11.3 Å². The Kier molecular flexibility index (Phi) is 3.59. The average molecular weight is 241 g/mol. The monoisotopic (exact) mass is 241 g/mol. The molecule has 18 heavy (non-hydrogen) atoms. The molecule has 0 aliphatic carbocycles. The molecule has 0 spiro atoms. The number of hydrogen-bond acceptors (Lipinski definition) is 2. The Morgan fingerprint density at radius 3 is 2.56 bits per heavy atom. The Labute approximate surface area is 105 Å². The Morgan fingerprint density at radius 2 is 1.89 bits per heavy atom. The number of aryl methyl sites for hydroxylation is 1. The van der Waals surface area contributed by atoms with Gasteiger partial charge in [-0.3, -0.25) is 0 Å². The van der Waals surface area contributed by atoms with Gasteiger partial charge in [-0.25, -0.2) is 4.39 Å². The highest BCUT2D eigenvalue weighted by Crippen LogP contribution is 2.15. The largest absolute Gasteiger partial charge is 0.489 e. The molecule has 0 heterocycles. The van der Waals surface area contributed by atoms with Gasteiger partial charge in [0.25, 0.3) is 0 Å². The summed E-state index contributed by atoms with van der Waals surface area (Å²) in [6.45, 7) is 2.24. The summed E-state index contributed by atoms with van der Waals surface area (Å²) in [5, 5.41) is 8.74. The Balaban J connectivity index is 2.08. The van der Waals surface area contributed by atoms with Crippen LogP contribution >= 0.6 is 0 Å². The fourth-order valence-electron chi connectivity index (χ4n) is 1.60. The van der Waals surface area contributed by atoms with Crippen LogP contribution in [0.3, 0.4) is 0 Å². The van der Waals surface area contributed by atoms with Gasteiger partial charge in [0.1, 0.15) is 18.2 Å². The fourth-order valence-corrected chi connectivity index (χ4v) is 1.60. The van der Waals surface area contributed by atoms with Crippen LogP contribution in [-0.2, 0) is 6.61 Å². The smallest absolute Gasteiger partial charge is 0.124 e. The van der Waals surface area contributed by atoms with Gasteiger partial charge < -0.3 is 4.74 Å². The molecule has 2 aromatic carbocycles. The van der Waals surface area contributed by atoms with Gasteiger partial charge in [-0.1, -0.05) is 17.7 Å². The minimum absolute atomic E-state index is 0.246. The first-order valence-electron chi connectivity index (χ1n) is 5.56. The van der Waals surface area contributed by atoms with Crippen molar-refractivity contribution < 1.29 is 9.13 Å². The van der Waals surface area contributed by atoms with E-state index in [4.69, 9.17) is 10.00 Å². The van der Waals surface area contributed by atoms with Crippen molar-refractivity contribution in [1.82, 2.24) is 0 Å². The first-order chi connectivity index (χ1) is 8.67. The second kappa shape index (κ2) is 5.33. The molecule has 0 amide bonds. The lowest BCUT2D eigenvalue weighted by Crippen LogP contribution is -1.97. The molecule has 0 aliphatic rings. The minimum atomic E-state index is -0.420. The Hall–Kier alpha value is -2.34. The SMILES string of the molecule is Cc1ccc(OCc2cc(F)cc(C#N)c2)cc1. The van der Waals surface area contributed by atoms with Gasteiger partial charge in [0.2, 0.25) is 0 Å². The molecule has 2 rings (SSSR count). The molecule has 2 aromatic rings. The van der Waals surface area contributed by atoms with Crippen LogP contribution in [0, 0.1) is 24.1 Å². The third kappa shape index (κ3) is 3.08. The molecule has 0 unspecified atom stereocenters. The summed E-state index contributed by atoms with van der Waals surface area (Å²) in [5.41, 5.74) is 2.10. The first-order valence-corrected chi connectivity index (χ1v) is 5.56. The molecule has 0 bridgehead atoms. The third-order valence-electron chi connectivity index (χ3n) is 2.51. The van der Waals surface area contributed by atoms with Crippen molar-refractivity contribution >= 4 is 0 Å². The van der Waals surface area contributed by atoms with E-state index in [9.17, 15) is 4.39 Å². The summed E-state index contributed by atoms with van der Waals surface area (Å²) in [6, 6.07) is 13.7. The molecule has 0 aliphatic heterocycles. The van der Waals surface area contributed by atoms with Crippen LogP contribution in [0.5, 0.6) is 5.75 Å². The van der Waals surface area contributed by atoms with Crippen molar-refractivity contribution in [2.75, 3.05) is 0 Å². The van der Waals surface area contributed by atoms with Gasteiger partial charge in [0.15, 0.2) is 0 Å². The summed E-state index contributed by atoms with van der Waals surface area (Å²) in [7, 11) is 0. The summed E-state index contributed by atoms with van der Waals surface area (Å²) < 4.78 is 18.7. The molecule has 2 nitrogen and oxygen atoms in total. The van der Waals surface area contributed by atoms with Crippen molar-refractivity contribution in [1.29, 1.82) is 5.26 Å². The van der Waals surface area contributed by atoms with Crippen molar-refractivity contribution in [3.8, 4) is 11.8 Å². The molecule has 0 aromatic heterocycles. The van der Waals surface area contributed by atoms with Crippen LogP contribution in [0.1, 0.15) is 16.7 Å². The average Bonchev–Trinajstić information content (AvgIpc) is 2.37. The molecule has 0 fully saturated rings. The standard InChI is InChI=1S/C15H12FNO/c1-11-2-4-15(5-3-11)18-10-13-6-12(9-17)7-14(16)8-13/h2-8H,10H2,1H3. The quantitative estimate of drug-likeness (QED) is 0.822. The normalized spacial score (nSPS) is 9.83. The predicted octanol–water partition coefficient (Wildman–Crippen LogP) is 3.58. The van der Waals surface area contributed by atoms with Crippen molar-refractivity contribution in [3.05, 3.63) is 65.0 Å². The lowest BCUT2D eigenvalue weighted by Gasteiger charge is -2.07. The zero-order chi connectivity index (χ0) is 13.0. The van der Waals surface area contributed by atoms with E-state index in [2.05, 4.69) is 0 Å². The van der Waals surface area contributed by atoms with Gasteiger partial charge in [-0.2, -0.15) is 5.26 Å². The van der Waals surface area contributed by atoms with Gasteiger partial charge in [-0.15, -0.1) is 0 Å². The molecule has 3 heteroatoms. The molecule has 0 radical (unpaired) electrons. The van der Waals surface area contributed by atoms with Crippen molar-refractivity contribution in [3.63, 3.8) is 0 Å². The van der Waals surface area contributed by atoms with Crippen LogP contribution < -0.4 is 4.74 Å². The number of nitriles is 1. The van der Waals surface area contributed by atoms with Gasteiger partial charge >= 0.3 is 0 Å². The molecular weight excluding hydrogens is 229 g/mol. The summed E-state index contributed by atoms with van der Waals surface area (Å²) >= 11 is 0. The van der Waals surface area contributed by atoms with E-state index in [1.807, 2.05) is 37.3 Å². The Morgan fingerprint density at radius 1 is 1.17 bits per heavy atom. The number of benzene rings is 2. The molecule has 0 atom stereocenters. The molecular formula is C15H12FNO.